The molecule has 0 aromatic carbocycles. The molecule has 0 spiro atoms. The van der Waals surface area contributed by atoms with E-state index in [4.69, 9.17) is 4.52 Å². The van der Waals surface area contributed by atoms with Crippen LogP contribution in [0, 0.1) is 6.92 Å². The van der Waals surface area contributed by atoms with Crippen LogP contribution in [-0.4, -0.2) is 42.1 Å². The Bertz CT molecular complexity index is 387. The van der Waals surface area contributed by atoms with E-state index >= 15 is 0 Å². The summed E-state index contributed by atoms with van der Waals surface area (Å²) in [5, 5.41) is 6.90. The lowest BCUT2D eigenvalue weighted by atomic mass is 10.0. The van der Waals surface area contributed by atoms with Crippen LogP contribution >= 0.6 is 0 Å². The van der Waals surface area contributed by atoms with Gasteiger partial charge in [-0.15, -0.1) is 0 Å². The third kappa shape index (κ3) is 2.66. The highest BCUT2D eigenvalue weighted by atomic mass is 16.5. The molecule has 1 aromatic rings. The van der Waals surface area contributed by atoms with Gasteiger partial charge in [0.25, 0.3) is 5.91 Å². The third-order valence-corrected chi connectivity index (χ3v) is 3.17. The van der Waals surface area contributed by atoms with Gasteiger partial charge in [-0.3, -0.25) is 4.79 Å². The van der Waals surface area contributed by atoms with Gasteiger partial charge < -0.3 is 14.7 Å². The van der Waals surface area contributed by atoms with Crippen LogP contribution in [0.3, 0.4) is 0 Å². The molecule has 5 heteroatoms. The minimum Gasteiger partial charge on any atom is -0.351 e. The highest BCUT2D eigenvalue weighted by Crippen LogP contribution is 2.19. The second-order valence-corrected chi connectivity index (χ2v) is 4.54. The summed E-state index contributed by atoms with van der Waals surface area (Å²) in [7, 11) is 1.91. The van der Waals surface area contributed by atoms with Gasteiger partial charge in [0.1, 0.15) is 0 Å². The predicted octanol–water partition coefficient (Wildman–Crippen LogP) is 1.20. The molecule has 2 heterocycles. The fourth-order valence-electron chi connectivity index (χ4n) is 2.32. The van der Waals surface area contributed by atoms with Crippen molar-refractivity contribution in [3.05, 3.63) is 17.5 Å². The minimum atomic E-state index is -0.0365. The van der Waals surface area contributed by atoms with Gasteiger partial charge in [-0.05, 0) is 33.2 Å². The van der Waals surface area contributed by atoms with Gasteiger partial charge in [-0.1, -0.05) is 5.16 Å². The molecule has 1 aliphatic rings. The number of nitrogens with zero attached hydrogens (tertiary/aromatic N) is 2. The fraction of sp³-hybridized carbons (Fsp3) is 0.667. The first kappa shape index (κ1) is 12.1. The molecule has 1 saturated heterocycles. The highest BCUT2D eigenvalue weighted by molar-refractivity contribution is 5.91. The molecular weight excluding hydrogens is 218 g/mol. The Labute approximate surface area is 101 Å². The van der Waals surface area contributed by atoms with Crippen molar-refractivity contribution < 1.29 is 9.32 Å². The van der Waals surface area contributed by atoms with Gasteiger partial charge in [0.2, 0.25) is 5.76 Å². The second-order valence-electron chi connectivity index (χ2n) is 4.54. The lowest BCUT2D eigenvalue weighted by molar-refractivity contribution is 0.0573. The zero-order valence-electron chi connectivity index (χ0n) is 10.4. The van der Waals surface area contributed by atoms with E-state index in [9.17, 15) is 4.79 Å². The van der Waals surface area contributed by atoms with Crippen LogP contribution in [0.5, 0.6) is 0 Å². The largest absolute Gasteiger partial charge is 0.351 e. The van der Waals surface area contributed by atoms with Gasteiger partial charge in [0.15, 0.2) is 0 Å². The molecule has 17 heavy (non-hydrogen) atoms. The molecule has 1 atom stereocenters. The number of hydrogen-bond acceptors (Lipinski definition) is 4. The maximum atomic E-state index is 12.3. The number of aromatic nitrogens is 1. The SMILES string of the molecule is CNCC1CCCCN1C(=O)c1cc(C)no1. The van der Waals surface area contributed by atoms with Crippen LogP contribution < -0.4 is 5.32 Å². The summed E-state index contributed by atoms with van der Waals surface area (Å²) < 4.78 is 5.04. The Hall–Kier alpha value is -1.36. The summed E-state index contributed by atoms with van der Waals surface area (Å²) in [6.07, 6.45) is 3.31. The van der Waals surface area contributed by atoms with Crippen molar-refractivity contribution in [3.63, 3.8) is 0 Å². The number of piperidine rings is 1. The first-order chi connectivity index (χ1) is 8.22. The molecule has 94 valence electrons. The number of likely N-dealkylation sites (N-methyl/N-ethyl adjacent to an activating group) is 1. The van der Waals surface area contributed by atoms with Crippen LogP contribution in [0.15, 0.2) is 10.6 Å². The molecule has 0 radical (unpaired) electrons. The number of hydrogen-bond donors (Lipinski definition) is 1. The van der Waals surface area contributed by atoms with Gasteiger partial charge in [0.05, 0.1) is 5.69 Å². The van der Waals surface area contributed by atoms with E-state index in [1.54, 1.807) is 6.07 Å². The van der Waals surface area contributed by atoms with Crippen LogP contribution in [0.25, 0.3) is 0 Å². The lowest BCUT2D eigenvalue weighted by Gasteiger charge is -2.35. The molecule has 1 unspecified atom stereocenters. The maximum Gasteiger partial charge on any atom is 0.292 e. The molecule has 1 N–H and O–H groups in total. The predicted molar refractivity (Wildman–Crippen MR) is 63.8 cm³/mol. The Balaban J connectivity index is 2.10. The highest BCUT2D eigenvalue weighted by Gasteiger charge is 2.28. The number of aryl methyl sites for hydroxylation is 1. The number of rotatable bonds is 3. The Morgan fingerprint density at radius 3 is 3.12 bits per heavy atom. The fourth-order valence-corrected chi connectivity index (χ4v) is 2.32. The van der Waals surface area contributed by atoms with Crippen molar-refractivity contribution in [3.8, 4) is 0 Å². The summed E-state index contributed by atoms with van der Waals surface area (Å²) in [5.41, 5.74) is 0.746. The van der Waals surface area contributed by atoms with Crippen molar-refractivity contribution >= 4 is 5.91 Å². The van der Waals surface area contributed by atoms with Crippen molar-refractivity contribution in [1.29, 1.82) is 0 Å². The normalized spacial score (nSPS) is 20.6. The van der Waals surface area contributed by atoms with Gasteiger partial charge in [-0.25, -0.2) is 0 Å². The molecule has 0 bridgehead atoms. The van der Waals surface area contributed by atoms with Crippen LogP contribution in [-0.2, 0) is 0 Å². The topological polar surface area (TPSA) is 58.4 Å². The molecule has 2 rings (SSSR count). The van der Waals surface area contributed by atoms with E-state index in [0.717, 1.165) is 31.6 Å². The van der Waals surface area contributed by atoms with Crippen molar-refractivity contribution in [2.75, 3.05) is 20.1 Å². The van der Waals surface area contributed by atoms with E-state index in [1.165, 1.54) is 6.42 Å². The Morgan fingerprint density at radius 2 is 2.47 bits per heavy atom. The van der Waals surface area contributed by atoms with E-state index in [1.807, 2.05) is 18.9 Å². The standard InChI is InChI=1S/C12H19N3O2/c1-9-7-11(17-14-9)12(16)15-6-4-3-5-10(15)8-13-2/h7,10,13H,3-6,8H2,1-2H3. The van der Waals surface area contributed by atoms with E-state index < -0.39 is 0 Å². The molecule has 5 nitrogen and oxygen atoms in total. The maximum absolute atomic E-state index is 12.3. The number of likely N-dealkylation sites (tertiary alicyclic amines) is 1. The van der Waals surface area contributed by atoms with E-state index in [0.29, 0.717) is 5.76 Å². The Kier molecular flexibility index (Phi) is 3.78. The second kappa shape index (κ2) is 5.31. The average molecular weight is 237 g/mol. The van der Waals surface area contributed by atoms with Crippen molar-refractivity contribution in [2.45, 2.75) is 32.2 Å². The molecular formula is C12H19N3O2. The number of carbonyl (C=O) groups is 1. The zero-order valence-corrected chi connectivity index (χ0v) is 10.4. The summed E-state index contributed by atoms with van der Waals surface area (Å²) in [5.74, 6) is 0.316. The Morgan fingerprint density at radius 1 is 1.65 bits per heavy atom. The van der Waals surface area contributed by atoms with E-state index in [-0.39, 0.29) is 11.9 Å². The smallest absolute Gasteiger partial charge is 0.292 e. The first-order valence-corrected chi connectivity index (χ1v) is 6.11. The van der Waals surface area contributed by atoms with Crippen molar-refractivity contribution in [1.82, 2.24) is 15.4 Å². The first-order valence-electron chi connectivity index (χ1n) is 6.11. The monoisotopic (exact) mass is 237 g/mol. The summed E-state index contributed by atoms with van der Waals surface area (Å²) in [4.78, 5) is 14.2. The van der Waals surface area contributed by atoms with Crippen molar-refractivity contribution in [2.24, 2.45) is 0 Å². The summed E-state index contributed by atoms with van der Waals surface area (Å²) in [6.45, 7) is 3.46. The third-order valence-electron chi connectivity index (χ3n) is 3.17. The minimum absolute atomic E-state index is 0.0365. The molecule has 1 aromatic heterocycles. The molecule has 1 aliphatic heterocycles. The zero-order chi connectivity index (χ0) is 12.3. The average Bonchev–Trinajstić information content (AvgIpc) is 2.76. The molecule has 1 fully saturated rings. The molecule has 0 aliphatic carbocycles. The van der Waals surface area contributed by atoms with Gasteiger partial charge >= 0.3 is 0 Å². The number of nitrogens with one attached hydrogen (secondary N) is 1. The van der Waals surface area contributed by atoms with E-state index in [2.05, 4.69) is 10.5 Å². The van der Waals surface area contributed by atoms with Gasteiger partial charge in [-0.2, -0.15) is 0 Å². The quantitative estimate of drug-likeness (QED) is 0.858. The van der Waals surface area contributed by atoms with Gasteiger partial charge in [0, 0.05) is 25.2 Å². The molecule has 1 amide bonds. The number of amides is 1. The van der Waals surface area contributed by atoms with Crippen LogP contribution in [0.2, 0.25) is 0 Å². The number of carbonyl (C=O) groups excluding carboxylic acids is 1. The van der Waals surface area contributed by atoms with Crippen LogP contribution in [0.4, 0.5) is 0 Å². The molecule has 0 saturated carbocycles. The van der Waals surface area contributed by atoms with Crippen LogP contribution in [0.1, 0.15) is 35.5 Å². The summed E-state index contributed by atoms with van der Waals surface area (Å²) >= 11 is 0. The lowest BCUT2D eigenvalue weighted by Crippen LogP contribution is -2.47. The summed E-state index contributed by atoms with van der Waals surface area (Å²) in [6, 6.07) is 1.97.